The van der Waals surface area contributed by atoms with E-state index >= 15 is 0 Å². The van der Waals surface area contributed by atoms with Crippen LogP contribution in [0.1, 0.15) is 69.4 Å². The van der Waals surface area contributed by atoms with Gasteiger partial charge in [0.2, 0.25) is 0 Å². The molecular weight excluding hydrogens is 432 g/mol. The van der Waals surface area contributed by atoms with Crippen molar-refractivity contribution in [3.05, 3.63) is 35.4 Å². The molecule has 4 fully saturated rings. The van der Waals surface area contributed by atoms with Crippen molar-refractivity contribution in [1.29, 1.82) is 0 Å². The van der Waals surface area contributed by atoms with Gasteiger partial charge in [-0.1, -0.05) is 49.6 Å². The Hall–Kier alpha value is -1.47. The van der Waals surface area contributed by atoms with E-state index in [1.165, 1.54) is 31.2 Å². The van der Waals surface area contributed by atoms with E-state index in [4.69, 9.17) is 24.0 Å². The van der Waals surface area contributed by atoms with Gasteiger partial charge in [0.25, 0.3) is 0 Å². The lowest BCUT2D eigenvalue weighted by Crippen LogP contribution is -2.37. The first kappa shape index (κ1) is 24.2. The summed E-state index contributed by atoms with van der Waals surface area (Å²) in [4.78, 5) is 24.0. The number of carbonyl (C=O) groups excluding carboxylic acids is 1. The maximum absolute atomic E-state index is 12.9. The number of aryl methyl sites for hydroxylation is 1. The van der Waals surface area contributed by atoms with E-state index in [-0.39, 0.29) is 36.3 Å². The predicted molar refractivity (Wildman–Crippen MR) is 127 cm³/mol. The van der Waals surface area contributed by atoms with Gasteiger partial charge in [0.05, 0.1) is 19.1 Å². The van der Waals surface area contributed by atoms with Crippen molar-refractivity contribution < 1.29 is 28.8 Å². The molecule has 4 atom stereocenters. The average Bonchev–Trinajstić information content (AvgIpc) is 3.44. The van der Waals surface area contributed by atoms with Crippen LogP contribution < -0.4 is 0 Å². The van der Waals surface area contributed by atoms with E-state index in [0.717, 1.165) is 49.0 Å². The Labute approximate surface area is 203 Å². The van der Waals surface area contributed by atoms with E-state index in [1.54, 1.807) is 0 Å². The minimum Gasteiger partial charge on any atom is -0.457 e. The van der Waals surface area contributed by atoms with Crippen molar-refractivity contribution in [3.8, 4) is 0 Å². The predicted octanol–water partition coefficient (Wildman–Crippen LogP) is 5.15. The highest BCUT2D eigenvalue weighted by molar-refractivity contribution is 5.72. The van der Waals surface area contributed by atoms with Gasteiger partial charge in [-0.25, -0.2) is 9.78 Å². The molecule has 4 aliphatic rings. The molecular formula is C28H40O6. The Morgan fingerprint density at radius 1 is 0.853 bits per heavy atom. The number of rotatable bonds is 7. The number of fused-ring (bicyclic) bond motifs is 1. The summed E-state index contributed by atoms with van der Waals surface area (Å²) in [6.45, 7) is 5.54. The number of carbonyl (C=O) groups is 1. The molecule has 0 spiro atoms. The lowest BCUT2D eigenvalue weighted by molar-refractivity contribution is -0.341. The average molecular weight is 473 g/mol. The Balaban J connectivity index is 1.03. The van der Waals surface area contributed by atoms with Crippen LogP contribution in [0.25, 0.3) is 0 Å². The van der Waals surface area contributed by atoms with E-state index in [9.17, 15) is 4.79 Å². The Morgan fingerprint density at radius 2 is 1.44 bits per heavy atom. The number of hydrogen-bond acceptors (Lipinski definition) is 6. The second-order valence-electron chi connectivity index (χ2n) is 11.1. The quantitative estimate of drug-likeness (QED) is 0.311. The first-order chi connectivity index (χ1) is 16.6. The second-order valence-corrected chi connectivity index (χ2v) is 11.1. The van der Waals surface area contributed by atoms with Gasteiger partial charge in [-0.2, -0.15) is 0 Å². The molecule has 188 valence electrons. The number of benzene rings is 1. The zero-order valence-electron chi connectivity index (χ0n) is 20.7. The van der Waals surface area contributed by atoms with Gasteiger partial charge in [-0.05, 0) is 68.8 Å². The number of esters is 1. The standard InChI is InChI=1S/C28H40O6/c1-18-3-7-20(8-4-18)15-32-34-25-17-31-26-24(16-30-27(25)26)33-28(29)23-13-11-22(12-14-23)21-9-5-19(2)6-10-21/h3-4,7-8,19,21-27H,5-6,9-17H2,1-2H3/t19?,21?,22?,23?,24?,25-,26+,27+/m0/s1. The summed E-state index contributed by atoms with van der Waals surface area (Å²) in [5.41, 5.74) is 2.26. The van der Waals surface area contributed by atoms with Gasteiger partial charge in [0.1, 0.15) is 24.9 Å². The first-order valence-electron chi connectivity index (χ1n) is 13.3. The number of hydrogen-bond donors (Lipinski definition) is 0. The van der Waals surface area contributed by atoms with Crippen LogP contribution in [0.3, 0.4) is 0 Å². The molecule has 2 aliphatic carbocycles. The van der Waals surface area contributed by atoms with Crippen LogP contribution in [-0.4, -0.2) is 43.6 Å². The third-order valence-electron chi connectivity index (χ3n) is 8.60. The second kappa shape index (κ2) is 11.1. The number of ether oxygens (including phenoxy) is 3. The van der Waals surface area contributed by atoms with Gasteiger partial charge in [0.15, 0.2) is 6.10 Å². The molecule has 6 nitrogen and oxygen atoms in total. The fourth-order valence-corrected chi connectivity index (χ4v) is 6.32. The van der Waals surface area contributed by atoms with Crippen LogP contribution in [0, 0.1) is 30.6 Å². The SMILES string of the molecule is Cc1ccc(COO[C@H]2CO[C@@H]3C(OC(=O)C4CCC(C5CCC(C)CC5)CC4)CO[C@H]23)cc1. The van der Waals surface area contributed by atoms with Crippen molar-refractivity contribution in [3.63, 3.8) is 0 Å². The topological polar surface area (TPSA) is 63.2 Å². The van der Waals surface area contributed by atoms with Crippen LogP contribution in [0.5, 0.6) is 0 Å². The zero-order chi connectivity index (χ0) is 23.5. The fraction of sp³-hybridized carbons (Fsp3) is 0.750. The van der Waals surface area contributed by atoms with Gasteiger partial charge in [-0.15, -0.1) is 0 Å². The van der Waals surface area contributed by atoms with Crippen molar-refractivity contribution >= 4 is 5.97 Å². The summed E-state index contributed by atoms with van der Waals surface area (Å²) in [5, 5.41) is 0. The van der Waals surface area contributed by atoms with Crippen LogP contribution >= 0.6 is 0 Å². The van der Waals surface area contributed by atoms with Gasteiger partial charge < -0.3 is 14.2 Å². The molecule has 0 N–H and O–H groups in total. The van der Waals surface area contributed by atoms with Crippen LogP contribution in [0.15, 0.2) is 24.3 Å². The normalized spacial score (nSPS) is 37.9. The van der Waals surface area contributed by atoms with Crippen LogP contribution in [-0.2, 0) is 35.4 Å². The molecule has 2 saturated heterocycles. The van der Waals surface area contributed by atoms with Crippen molar-refractivity contribution in [2.45, 2.75) is 96.2 Å². The fourth-order valence-electron chi connectivity index (χ4n) is 6.32. The summed E-state index contributed by atoms with van der Waals surface area (Å²) in [6, 6.07) is 8.15. The summed E-state index contributed by atoms with van der Waals surface area (Å²) < 4.78 is 17.7. The van der Waals surface area contributed by atoms with Gasteiger partial charge >= 0.3 is 5.97 Å². The van der Waals surface area contributed by atoms with E-state index in [0.29, 0.717) is 19.8 Å². The molecule has 2 saturated carbocycles. The Kier molecular flexibility index (Phi) is 7.89. The highest BCUT2D eigenvalue weighted by Gasteiger charge is 2.51. The minimum absolute atomic E-state index is 0.0177. The van der Waals surface area contributed by atoms with Gasteiger partial charge in [-0.3, -0.25) is 4.79 Å². The first-order valence-corrected chi connectivity index (χ1v) is 13.3. The highest BCUT2D eigenvalue weighted by atomic mass is 17.2. The molecule has 0 aromatic heterocycles. The Morgan fingerprint density at radius 3 is 2.12 bits per heavy atom. The van der Waals surface area contributed by atoms with E-state index < -0.39 is 0 Å². The molecule has 34 heavy (non-hydrogen) atoms. The molecule has 0 amide bonds. The Bertz CT molecular complexity index is 794. The molecule has 0 radical (unpaired) electrons. The largest absolute Gasteiger partial charge is 0.457 e. The maximum atomic E-state index is 12.9. The van der Waals surface area contributed by atoms with Crippen LogP contribution in [0.4, 0.5) is 0 Å². The molecule has 2 aliphatic heterocycles. The molecule has 1 unspecified atom stereocenters. The van der Waals surface area contributed by atoms with Crippen molar-refractivity contribution in [2.24, 2.45) is 23.7 Å². The molecule has 5 rings (SSSR count). The van der Waals surface area contributed by atoms with Crippen molar-refractivity contribution in [1.82, 2.24) is 0 Å². The van der Waals surface area contributed by atoms with Crippen LogP contribution in [0.2, 0.25) is 0 Å². The summed E-state index contributed by atoms with van der Waals surface area (Å²) in [5.74, 6) is 2.50. The molecule has 1 aromatic carbocycles. The lowest BCUT2D eigenvalue weighted by atomic mass is 9.69. The van der Waals surface area contributed by atoms with E-state index in [2.05, 4.69) is 26.0 Å². The summed E-state index contributed by atoms with van der Waals surface area (Å²) >= 11 is 0. The molecule has 0 bridgehead atoms. The lowest BCUT2D eigenvalue weighted by Gasteiger charge is -2.36. The van der Waals surface area contributed by atoms with Crippen molar-refractivity contribution in [2.75, 3.05) is 13.2 Å². The molecule has 1 aromatic rings. The maximum Gasteiger partial charge on any atom is 0.309 e. The summed E-state index contributed by atoms with van der Waals surface area (Å²) in [7, 11) is 0. The molecule has 2 heterocycles. The van der Waals surface area contributed by atoms with Gasteiger partial charge in [0, 0.05) is 0 Å². The smallest absolute Gasteiger partial charge is 0.309 e. The van der Waals surface area contributed by atoms with E-state index in [1.807, 2.05) is 12.1 Å². The monoisotopic (exact) mass is 472 g/mol. The minimum atomic E-state index is -0.360. The summed E-state index contributed by atoms with van der Waals surface area (Å²) in [6.07, 6.45) is 8.52. The third-order valence-corrected chi connectivity index (χ3v) is 8.60. The highest BCUT2D eigenvalue weighted by Crippen LogP contribution is 2.42. The zero-order valence-corrected chi connectivity index (χ0v) is 20.7. The molecule has 6 heteroatoms. The third kappa shape index (κ3) is 5.67.